The van der Waals surface area contributed by atoms with E-state index in [-0.39, 0.29) is 5.60 Å². The summed E-state index contributed by atoms with van der Waals surface area (Å²) >= 11 is 0. The summed E-state index contributed by atoms with van der Waals surface area (Å²) < 4.78 is 11.6. The van der Waals surface area contributed by atoms with Gasteiger partial charge in [-0.2, -0.15) is 0 Å². The van der Waals surface area contributed by atoms with Crippen LogP contribution in [-0.4, -0.2) is 25.8 Å². The highest BCUT2D eigenvalue weighted by atomic mass is 16.5. The van der Waals surface area contributed by atoms with Crippen molar-refractivity contribution in [2.45, 2.75) is 32.8 Å². The van der Waals surface area contributed by atoms with Crippen molar-refractivity contribution in [2.24, 2.45) is 0 Å². The number of likely N-dealkylation sites (N-methyl/N-ethyl adjacent to an activating group) is 1. The molecule has 3 nitrogen and oxygen atoms in total. The molecule has 0 aliphatic carbocycles. The second kappa shape index (κ2) is 6.50. The van der Waals surface area contributed by atoms with Gasteiger partial charge in [-0.1, -0.05) is 19.1 Å². The first-order valence-electron chi connectivity index (χ1n) is 6.14. The molecule has 0 fully saturated rings. The summed E-state index contributed by atoms with van der Waals surface area (Å²) in [6.07, 6.45) is 0.994. The summed E-state index contributed by atoms with van der Waals surface area (Å²) in [6, 6.07) is 7.81. The van der Waals surface area contributed by atoms with Gasteiger partial charge in [0.05, 0.1) is 6.61 Å². The van der Waals surface area contributed by atoms with E-state index in [0.29, 0.717) is 6.61 Å². The molecule has 1 aromatic rings. The first kappa shape index (κ1) is 13.8. The number of hydrogen-bond acceptors (Lipinski definition) is 3. The number of ether oxygens (including phenoxy) is 2. The van der Waals surface area contributed by atoms with Gasteiger partial charge in [0.2, 0.25) is 0 Å². The topological polar surface area (TPSA) is 30.5 Å². The van der Waals surface area contributed by atoms with Gasteiger partial charge in [0, 0.05) is 6.54 Å². The molecule has 96 valence electrons. The van der Waals surface area contributed by atoms with Crippen molar-refractivity contribution in [3.63, 3.8) is 0 Å². The molecule has 3 heteroatoms. The van der Waals surface area contributed by atoms with Gasteiger partial charge in [0.15, 0.2) is 11.5 Å². The Balaban J connectivity index is 2.75. The van der Waals surface area contributed by atoms with E-state index in [1.165, 1.54) is 0 Å². The monoisotopic (exact) mass is 237 g/mol. The van der Waals surface area contributed by atoms with Gasteiger partial charge >= 0.3 is 0 Å². The van der Waals surface area contributed by atoms with Crippen LogP contribution in [0.4, 0.5) is 0 Å². The molecule has 0 saturated heterocycles. The maximum absolute atomic E-state index is 5.98. The zero-order valence-corrected chi connectivity index (χ0v) is 11.2. The minimum atomic E-state index is -0.250. The Bertz CT molecular complexity index is 337. The van der Waals surface area contributed by atoms with Gasteiger partial charge in [-0.25, -0.2) is 0 Å². The van der Waals surface area contributed by atoms with Crippen molar-refractivity contribution in [1.29, 1.82) is 0 Å². The average Bonchev–Trinajstić information content (AvgIpc) is 2.27. The zero-order valence-electron chi connectivity index (χ0n) is 11.2. The molecule has 0 aliphatic heterocycles. The quantitative estimate of drug-likeness (QED) is 0.791. The molecule has 1 N–H and O–H groups in total. The van der Waals surface area contributed by atoms with E-state index in [1.54, 1.807) is 0 Å². The maximum Gasteiger partial charge on any atom is 0.162 e. The van der Waals surface area contributed by atoms with E-state index in [9.17, 15) is 0 Å². The van der Waals surface area contributed by atoms with Gasteiger partial charge in [0.25, 0.3) is 0 Å². The lowest BCUT2D eigenvalue weighted by Crippen LogP contribution is -2.38. The molecule has 0 spiro atoms. The van der Waals surface area contributed by atoms with Gasteiger partial charge in [0.1, 0.15) is 5.60 Å². The second-order valence-corrected chi connectivity index (χ2v) is 4.69. The molecule has 0 bridgehead atoms. The van der Waals surface area contributed by atoms with Gasteiger partial charge in [-0.05, 0) is 39.4 Å². The molecular weight excluding hydrogens is 214 g/mol. The lowest BCUT2D eigenvalue weighted by molar-refractivity contribution is 0.104. The smallest absolute Gasteiger partial charge is 0.162 e. The van der Waals surface area contributed by atoms with E-state index in [2.05, 4.69) is 26.1 Å². The van der Waals surface area contributed by atoms with Crippen molar-refractivity contribution < 1.29 is 9.47 Å². The molecule has 0 aromatic heterocycles. The van der Waals surface area contributed by atoms with Crippen molar-refractivity contribution in [3.8, 4) is 11.5 Å². The third kappa shape index (κ3) is 4.65. The van der Waals surface area contributed by atoms with Gasteiger partial charge in [-0.15, -0.1) is 0 Å². The molecule has 0 amide bonds. The van der Waals surface area contributed by atoms with Gasteiger partial charge in [-0.3, -0.25) is 0 Å². The fourth-order valence-corrected chi connectivity index (χ4v) is 1.63. The number of nitrogens with one attached hydrogen (secondary N) is 1. The number of hydrogen-bond donors (Lipinski definition) is 1. The SMILES string of the molecule is CCCOc1ccccc1OC(C)(C)CNC. The standard InChI is InChI=1S/C14H23NO2/c1-5-10-16-12-8-6-7-9-13(12)17-14(2,3)11-15-4/h6-9,15H,5,10-11H2,1-4H3. The third-order valence-corrected chi connectivity index (χ3v) is 2.30. The summed E-state index contributed by atoms with van der Waals surface area (Å²) in [4.78, 5) is 0. The zero-order chi connectivity index (χ0) is 12.7. The highest BCUT2D eigenvalue weighted by Gasteiger charge is 2.20. The Morgan fingerprint density at radius 3 is 2.41 bits per heavy atom. The number of para-hydroxylation sites is 2. The molecule has 0 unspecified atom stereocenters. The van der Waals surface area contributed by atoms with Crippen LogP contribution in [0.2, 0.25) is 0 Å². The summed E-state index contributed by atoms with van der Waals surface area (Å²) in [6.45, 7) is 7.70. The van der Waals surface area contributed by atoms with Crippen LogP contribution < -0.4 is 14.8 Å². The molecule has 0 radical (unpaired) electrons. The fourth-order valence-electron chi connectivity index (χ4n) is 1.63. The third-order valence-electron chi connectivity index (χ3n) is 2.30. The predicted octanol–water partition coefficient (Wildman–Crippen LogP) is 2.85. The van der Waals surface area contributed by atoms with Crippen molar-refractivity contribution in [1.82, 2.24) is 5.32 Å². The molecular formula is C14H23NO2. The molecule has 0 saturated carbocycles. The van der Waals surface area contributed by atoms with Crippen LogP contribution in [0.15, 0.2) is 24.3 Å². The lowest BCUT2D eigenvalue weighted by Gasteiger charge is -2.27. The second-order valence-electron chi connectivity index (χ2n) is 4.69. The van der Waals surface area contributed by atoms with E-state index in [1.807, 2.05) is 31.3 Å². The molecule has 1 rings (SSSR count). The highest BCUT2D eigenvalue weighted by Crippen LogP contribution is 2.29. The highest BCUT2D eigenvalue weighted by molar-refractivity contribution is 5.39. The normalized spacial score (nSPS) is 11.3. The van der Waals surface area contributed by atoms with E-state index in [0.717, 1.165) is 24.5 Å². The molecule has 1 aromatic carbocycles. The first-order valence-corrected chi connectivity index (χ1v) is 6.14. The Labute approximate surface area is 104 Å². The number of benzene rings is 1. The lowest BCUT2D eigenvalue weighted by atomic mass is 10.1. The van der Waals surface area contributed by atoms with Crippen LogP contribution in [0, 0.1) is 0 Å². The van der Waals surface area contributed by atoms with Crippen LogP contribution in [-0.2, 0) is 0 Å². The maximum atomic E-state index is 5.98. The summed E-state index contributed by atoms with van der Waals surface area (Å²) in [5.74, 6) is 1.62. The van der Waals surface area contributed by atoms with Crippen LogP contribution in [0.3, 0.4) is 0 Å². The van der Waals surface area contributed by atoms with Crippen LogP contribution >= 0.6 is 0 Å². The van der Waals surface area contributed by atoms with E-state index >= 15 is 0 Å². The molecule has 0 heterocycles. The Morgan fingerprint density at radius 2 is 1.82 bits per heavy atom. The van der Waals surface area contributed by atoms with Crippen molar-refractivity contribution in [3.05, 3.63) is 24.3 Å². The summed E-state index contributed by atoms with van der Waals surface area (Å²) in [7, 11) is 1.92. The Hall–Kier alpha value is -1.22. The fraction of sp³-hybridized carbons (Fsp3) is 0.571. The molecule has 17 heavy (non-hydrogen) atoms. The van der Waals surface area contributed by atoms with E-state index in [4.69, 9.17) is 9.47 Å². The van der Waals surface area contributed by atoms with E-state index < -0.39 is 0 Å². The van der Waals surface area contributed by atoms with Crippen molar-refractivity contribution >= 4 is 0 Å². The van der Waals surface area contributed by atoms with Crippen LogP contribution in [0.1, 0.15) is 27.2 Å². The number of rotatable bonds is 7. The minimum absolute atomic E-state index is 0.250. The van der Waals surface area contributed by atoms with Gasteiger partial charge < -0.3 is 14.8 Å². The minimum Gasteiger partial charge on any atom is -0.490 e. The summed E-state index contributed by atoms with van der Waals surface area (Å²) in [5, 5.41) is 3.13. The van der Waals surface area contributed by atoms with Crippen molar-refractivity contribution in [2.75, 3.05) is 20.2 Å². The van der Waals surface area contributed by atoms with Crippen LogP contribution in [0.25, 0.3) is 0 Å². The predicted molar refractivity (Wildman–Crippen MR) is 70.9 cm³/mol. The molecule has 0 atom stereocenters. The largest absolute Gasteiger partial charge is 0.490 e. The first-order chi connectivity index (χ1) is 8.09. The average molecular weight is 237 g/mol. The summed E-state index contributed by atoms with van der Waals surface area (Å²) in [5.41, 5.74) is -0.250. The van der Waals surface area contributed by atoms with Crippen LogP contribution in [0.5, 0.6) is 11.5 Å². The Morgan fingerprint density at radius 1 is 1.18 bits per heavy atom. The Kier molecular flexibility index (Phi) is 5.29. The molecule has 0 aliphatic rings.